The highest BCUT2D eigenvalue weighted by molar-refractivity contribution is 6.11. The second kappa shape index (κ2) is 10.2. The minimum absolute atomic E-state index is 0.406. The second-order valence-electron chi connectivity index (χ2n) is 14.3. The molecule has 1 aliphatic heterocycles. The molecular formula is C51H30O. The van der Waals surface area contributed by atoms with Crippen LogP contribution in [0.3, 0.4) is 0 Å². The first kappa shape index (κ1) is 28.0. The van der Waals surface area contributed by atoms with Crippen LogP contribution in [0, 0.1) is 0 Å². The van der Waals surface area contributed by atoms with Crippen molar-refractivity contribution in [2.75, 3.05) is 0 Å². The van der Waals surface area contributed by atoms with Crippen LogP contribution < -0.4 is 4.74 Å². The highest BCUT2D eigenvalue weighted by atomic mass is 16.5. The Balaban J connectivity index is 1.14. The number of hydrogen-bond donors (Lipinski definition) is 0. The molecule has 52 heavy (non-hydrogen) atoms. The fraction of sp³-hybridized carbons (Fsp3) is 0.0196. The molecule has 0 bridgehead atoms. The van der Waals surface area contributed by atoms with Gasteiger partial charge < -0.3 is 4.74 Å². The number of ether oxygens (including phenoxy) is 1. The van der Waals surface area contributed by atoms with E-state index in [1.807, 2.05) is 0 Å². The Labute approximate surface area is 302 Å². The third-order valence-electron chi connectivity index (χ3n) is 11.9. The van der Waals surface area contributed by atoms with E-state index < -0.39 is 5.41 Å². The number of fused-ring (bicyclic) bond motifs is 14. The van der Waals surface area contributed by atoms with E-state index in [0.717, 1.165) is 17.1 Å². The first-order valence-corrected chi connectivity index (χ1v) is 18.1. The summed E-state index contributed by atoms with van der Waals surface area (Å²) in [7, 11) is 0. The molecule has 1 spiro atoms. The van der Waals surface area contributed by atoms with Gasteiger partial charge in [0.2, 0.25) is 0 Å². The van der Waals surface area contributed by atoms with Crippen molar-refractivity contribution in [3.8, 4) is 67.1 Å². The summed E-state index contributed by atoms with van der Waals surface area (Å²) in [5.41, 5.74) is 17.5. The molecule has 1 heterocycles. The normalized spacial score (nSPS) is 13.7. The quantitative estimate of drug-likeness (QED) is 0.180. The average Bonchev–Trinajstić information content (AvgIpc) is 3.68. The lowest BCUT2D eigenvalue weighted by molar-refractivity contribution is 0.487. The Hall–Kier alpha value is -6.70. The summed E-state index contributed by atoms with van der Waals surface area (Å²) in [6, 6.07) is 67.3. The van der Waals surface area contributed by atoms with Gasteiger partial charge >= 0.3 is 0 Å². The predicted molar refractivity (Wildman–Crippen MR) is 214 cm³/mol. The van der Waals surface area contributed by atoms with Gasteiger partial charge in [-0.25, -0.2) is 0 Å². The molecule has 0 amide bonds. The third kappa shape index (κ3) is 3.52. The highest BCUT2D eigenvalue weighted by Gasteiger charge is 2.52. The lowest BCUT2D eigenvalue weighted by atomic mass is 9.70. The summed E-state index contributed by atoms with van der Waals surface area (Å²) in [4.78, 5) is 0. The molecule has 240 valence electrons. The summed E-state index contributed by atoms with van der Waals surface area (Å²) < 4.78 is 6.49. The molecule has 1 heteroatoms. The largest absolute Gasteiger partial charge is 0.456 e. The van der Waals surface area contributed by atoms with Gasteiger partial charge in [0.1, 0.15) is 11.5 Å². The van der Waals surface area contributed by atoms with Crippen LogP contribution in [-0.2, 0) is 5.41 Å². The van der Waals surface area contributed by atoms with E-state index in [-0.39, 0.29) is 0 Å². The molecule has 0 N–H and O–H groups in total. The van der Waals surface area contributed by atoms with Gasteiger partial charge in [0.05, 0.1) is 5.41 Å². The molecule has 2 aliphatic carbocycles. The van der Waals surface area contributed by atoms with E-state index in [4.69, 9.17) is 4.74 Å². The van der Waals surface area contributed by atoms with Crippen molar-refractivity contribution < 1.29 is 4.74 Å². The molecule has 9 aromatic rings. The summed E-state index contributed by atoms with van der Waals surface area (Å²) >= 11 is 0. The molecule has 12 rings (SSSR count). The average molecular weight is 659 g/mol. The maximum atomic E-state index is 6.49. The molecule has 0 unspecified atom stereocenters. The molecule has 3 aliphatic rings. The first-order chi connectivity index (χ1) is 25.8. The van der Waals surface area contributed by atoms with Gasteiger partial charge in [0.25, 0.3) is 0 Å². The zero-order chi connectivity index (χ0) is 34.0. The van der Waals surface area contributed by atoms with Crippen LogP contribution in [0.4, 0.5) is 0 Å². The van der Waals surface area contributed by atoms with Gasteiger partial charge in [-0.2, -0.15) is 0 Å². The number of rotatable bonds is 2. The van der Waals surface area contributed by atoms with Crippen molar-refractivity contribution >= 4 is 21.5 Å². The van der Waals surface area contributed by atoms with Crippen LogP contribution in [0.2, 0.25) is 0 Å². The summed E-state index contributed by atoms with van der Waals surface area (Å²) in [5, 5.41) is 4.94. The van der Waals surface area contributed by atoms with E-state index in [9.17, 15) is 0 Å². The lowest BCUT2D eigenvalue weighted by Crippen LogP contribution is -2.25. The minimum Gasteiger partial charge on any atom is -0.456 e. The molecule has 9 aromatic carbocycles. The van der Waals surface area contributed by atoms with Gasteiger partial charge in [-0.3, -0.25) is 0 Å². The molecule has 0 radical (unpaired) electrons. The smallest absolute Gasteiger partial charge is 0.135 e. The lowest BCUT2D eigenvalue weighted by Gasteiger charge is -2.30. The highest BCUT2D eigenvalue weighted by Crippen LogP contribution is 2.64. The van der Waals surface area contributed by atoms with E-state index in [1.54, 1.807) is 0 Å². The zero-order valence-corrected chi connectivity index (χ0v) is 28.2. The van der Waals surface area contributed by atoms with Gasteiger partial charge in [0, 0.05) is 10.9 Å². The molecule has 0 aromatic heterocycles. The second-order valence-corrected chi connectivity index (χ2v) is 14.3. The predicted octanol–water partition coefficient (Wildman–Crippen LogP) is 13.4. The van der Waals surface area contributed by atoms with Gasteiger partial charge in [-0.05, 0) is 113 Å². The summed E-state index contributed by atoms with van der Waals surface area (Å²) in [6.45, 7) is 0. The van der Waals surface area contributed by atoms with Crippen LogP contribution in [0.1, 0.15) is 22.3 Å². The molecular weight excluding hydrogens is 629 g/mol. The van der Waals surface area contributed by atoms with Gasteiger partial charge in [-0.15, -0.1) is 0 Å². The van der Waals surface area contributed by atoms with Crippen molar-refractivity contribution in [1.82, 2.24) is 0 Å². The van der Waals surface area contributed by atoms with Crippen LogP contribution in [0.25, 0.3) is 77.2 Å². The first-order valence-electron chi connectivity index (χ1n) is 18.1. The Morgan fingerprint density at radius 1 is 0.327 bits per heavy atom. The monoisotopic (exact) mass is 658 g/mol. The Morgan fingerprint density at radius 3 is 1.75 bits per heavy atom. The van der Waals surface area contributed by atoms with E-state index in [0.29, 0.717) is 0 Å². The van der Waals surface area contributed by atoms with Gasteiger partial charge in [-0.1, -0.05) is 158 Å². The molecule has 0 saturated heterocycles. The SMILES string of the molecule is c1ccc(-c2cccc3c4c(ccc23)C2(c3ccccc3-c3ccccc32)c2ccc(-c3ccc5c(c3)-c3cccc6cccc(c36)O5)cc2-4)cc1. The molecule has 0 saturated carbocycles. The Bertz CT molecular complexity index is 2940. The fourth-order valence-electron chi connectivity index (χ4n) is 9.79. The van der Waals surface area contributed by atoms with E-state index >= 15 is 0 Å². The summed E-state index contributed by atoms with van der Waals surface area (Å²) in [5.74, 6) is 1.82. The topological polar surface area (TPSA) is 9.23 Å². The maximum absolute atomic E-state index is 6.49. The van der Waals surface area contributed by atoms with Crippen molar-refractivity contribution in [3.63, 3.8) is 0 Å². The van der Waals surface area contributed by atoms with Crippen LogP contribution in [0.5, 0.6) is 11.5 Å². The Morgan fingerprint density at radius 2 is 0.942 bits per heavy atom. The number of benzene rings is 9. The van der Waals surface area contributed by atoms with Crippen LogP contribution in [0.15, 0.2) is 182 Å². The van der Waals surface area contributed by atoms with Crippen LogP contribution >= 0.6 is 0 Å². The molecule has 0 atom stereocenters. The van der Waals surface area contributed by atoms with Crippen molar-refractivity contribution in [3.05, 3.63) is 204 Å². The van der Waals surface area contributed by atoms with Crippen molar-refractivity contribution in [2.24, 2.45) is 0 Å². The minimum atomic E-state index is -0.406. The number of hydrogen-bond acceptors (Lipinski definition) is 1. The fourth-order valence-corrected chi connectivity index (χ4v) is 9.79. The molecule has 0 fully saturated rings. The third-order valence-corrected chi connectivity index (χ3v) is 11.9. The molecule has 1 nitrogen and oxygen atoms in total. The van der Waals surface area contributed by atoms with E-state index in [2.05, 4.69) is 182 Å². The van der Waals surface area contributed by atoms with Crippen LogP contribution in [-0.4, -0.2) is 0 Å². The van der Waals surface area contributed by atoms with E-state index in [1.165, 1.54) is 93.9 Å². The standard InChI is InChI=1S/C51H30O/c1-2-11-31(12-3-1)35-17-10-19-39-36(35)25-27-46-50(39)42-30-33(23-26-45(42)51(46)43-20-6-4-15-37(43)38-16-5-7-21-44(38)51)34-24-28-47-41(29-34)40-18-8-13-32-14-9-22-48(52-47)49(32)40/h1-30H. The maximum Gasteiger partial charge on any atom is 0.135 e. The Kier molecular flexibility index (Phi) is 5.49. The van der Waals surface area contributed by atoms with Gasteiger partial charge in [0.15, 0.2) is 0 Å². The summed E-state index contributed by atoms with van der Waals surface area (Å²) in [6.07, 6.45) is 0. The zero-order valence-electron chi connectivity index (χ0n) is 28.2. The van der Waals surface area contributed by atoms with Crippen molar-refractivity contribution in [1.29, 1.82) is 0 Å². The van der Waals surface area contributed by atoms with Crippen molar-refractivity contribution in [2.45, 2.75) is 5.41 Å².